The van der Waals surface area contributed by atoms with Crippen molar-refractivity contribution in [2.24, 2.45) is 0 Å². The third kappa shape index (κ3) is 13.7. The maximum atomic E-state index is 4.79. The monoisotopic (exact) mass is 2310 g/mol. The smallest absolute Gasteiger partial charge is 0.358 e. The van der Waals surface area contributed by atoms with E-state index in [0.29, 0.717) is 0 Å². The van der Waals surface area contributed by atoms with Crippen LogP contribution in [0.25, 0.3) is 220 Å². The number of rotatable bonds is 11. The van der Waals surface area contributed by atoms with Crippen LogP contribution in [0.3, 0.4) is 0 Å². The minimum absolute atomic E-state index is 0. The summed E-state index contributed by atoms with van der Waals surface area (Å²) in [5.74, 6) is 1.75. The van der Waals surface area contributed by atoms with Crippen molar-refractivity contribution in [2.45, 2.75) is 0 Å². The molecule has 0 N–H and O–H groups in total. The minimum Gasteiger partial charge on any atom is -0.358 e. The first kappa shape index (κ1) is 84.8. The summed E-state index contributed by atoms with van der Waals surface area (Å²) in [4.78, 5) is 16.5. The average molecular weight is 2310 g/mol. The van der Waals surface area contributed by atoms with Crippen LogP contribution >= 0.6 is 0 Å². The van der Waals surface area contributed by atoms with E-state index < -0.39 is 0 Å². The first-order valence-corrected chi connectivity index (χ1v) is 45.2. The van der Waals surface area contributed by atoms with E-state index in [1.54, 1.807) is 0 Å². The molecule has 29 rings (SSSR count). The summed E-state index contributed by atoms with van der Waals surface area (Å²) < 4.78 is 18.0. The van der Waals surface area contributed by atoms with Crippen molar-refractivity contribution in [2.75, 3.05) is 4.90 Å². The van der Waals surface area contributed by atoms with Gasteiger partial charge in [-0.15, -0.1) is 123 Å². The van der Waals surface area contributed by atoms with Gasteiger partial charge in [0.25, 0.3) is 0 Å². The summed E-state index contributed by atoms with van der Waals surface area (Å²) in [6.07, 6.45) is 5.54. The average Bonchev–Trinajstić information content (AvgIpc) is 1.57. The maximum absolute atomic E-state index is 4.79. The van der Waals surface area contributed by atoms with Crippen LogP contribution < -0.4 is 4.90 Å². The van der Waals surface area contributed by atoms with Crippen LogP contribution in [0.1, 0.15) is 0 Å². The van der Waals surface area contributed by atoms with E-state index in [1.807, 2.05) is 85.3 Å². The second-order valence-corrected chi connectivity index (χ2v) is 33.8. The Labute approximate surface area is 839 Å². The fraction of sp³-hybridized carbons (Fsp3) is 0. The number of aromatic nitrogens is 11. The molecular formula is C123H71Au3N12. The van der Waals surface area contributed by atoms with E-state index in [-0.39, 0.29) is 67.1 Å². The van der Waals surface area contributed by atoms with Gasteiger partial charge in [0.05, 0.1) is 5.52 Å². The maximum Gasteiger partial charge on any atom is 3.00 e. The fourth-order valence-electron chi connectivity index (χ4n) is 20.7. The Morgan fingerprint density at radius 3 is 0.935 bits per heavy atom. The van der Waals surface area contributed by atoms with Crippen LogP contribution in [0.4, 0.5) is 17.1 Å². The molecule has 656 valence electrons. The molecule has 138 heavy (non-hydrogen) atoms. The Hall–Kier alpha value is -16.2. The molecule has 29 aromatic rings. The topological polar surface area (TPSA) is 81.4 Å². The molecule has 0 atom stereocenters. The molecule has 0 amide bonds. The molecule has 0 radical (unpaired) electrons. The Morgan fingerprint density at radius 1 is 0.181 bits per heavy atom. The molecule has 0 fully saturated rings. The van der Waals surface area contributed by atoms with Gasteiger partial charge >= 0.3 is 67.1 Å². The summed E-state index contributed by atoms with van der Waals surface area (Å²) in [5, 5.41) is 18.8. The third-order valence-corrected chi connectivity index (χ3v) is 26.4. The van der Waals surface area contributed by atoms with Gasteiger partial charge in [0, 0.05) is 73.7 Å². The molecule has 11 aromatic heterocycles. The quantitative estimate of drug-likeness (QED) is 0.0954. The van der Waals surface area contributed by atoms with Crippen molar-refractivity contribution < 1.29 is 67.1 Å². The first-order chi connectivity index (χ1) is 67.0. The van der Waals surface area contributed by atoms with Crippen LogP contribution in [0.5, 0.6) is 0 Å². The number of pyridine rings is 3. The van der Waals surface area contributed by atoms with Gasteiger partial charge in [0.2, 0.25) is 0 Å². The molecule has 0 saturated carbocycles. The number of hydrogen-bond donors (Lipinski definition) is 0. The SMILES string of the molecule is [Au+3].[Au+3].[Au+3].[c-]1c(-n2c3[c-]cccc3c3ccccc32)cccc1-n1c2[c-]c3c(cc2c2ccccc21)c1ccccc1n3-c1ccccn1.[c-]1c(N(c2[c-]c(-n3c4ccccc4c4cccnc43)ccc2)c2ccccc2)cccc1-n1c2[c-]cccc2c2ccccc21.[c-]1ccccc1-n1c2[c-]c(-n3c4[c-]c5c(cc4c4ccccc43)c3ccccc3n5-c3ccccn3)ccc2c2ccccc21. The molecule has 0 aliphatic carbocycles. The van der Waals surface area contributed by atoms with E-state index in [9.17, 15) is 0 Å². The van der Waals surface area contributed by atoms with Crippen molar-refractivity contribution in [1.82, 2.24) is 51.5 Å². The van der Waals surface area contributed by atoms with Crippen LogP contribution in [0.15, 0.2) is 431 Å². The van der Waals surface area contributed by atoms with Gasteiger partial charge in [-0.05, 0) is 135 Å². The number of hydrogen-bond acceptors (Lipinski definition) is 4. The van der Waals surface area contributed by atoms with Crippen LogP contribution in [0.2, 0.25) is 0 Å². The molecule has 18 aromatic carbocycles. The number of para-hydroxylation sites is 12. The van der Waals surface area contributed by atoms with E-state index in [0.717, 1.165) is 184 Å². The van der Waals surface area contributed by atoms with E-state index in [4.69, 9.17) is 15.0 Å². The minimum atomic E-state index is 0. The second kappa shape index (κ2) is 34.9. The van der Waals surface area contributed by atoms with Crippen molar-refractivity contribution in [3.8, 4) is 45.8 Å². The molecule has 0 aliphatic heterocycles. The van der Waals surface area contributed by atoms with Gasteiger partial charge in [0.1, 0.15) is 17.3 Å². The van der Waals surface area contributed by atoms with Crippen molar-refractivity contribution in [1.29, 1.82) is 0 Å². The molecule has 0 unspecified atom stereocenters. The first-order valence-electron chi connectivity index (χ1n) is 45.2. The zero-order valence-electron chi connectivity index (χ0n) is 73.3. The molecule has 0 aliphatic rings. The van der Waals surface area contributed by atoms with Gasteiger partial charge in [-0.2, -0.15) is 109 Å². The Morgan fingerprint density at radius 2 is 0.493 bits per heavy atom. The standard InChI is InChI=1S/2C41H23N4.C41H25N4.3Au/c1-5-18-35-29(14-1)30-15-2-6-19-36(30)43(35)27-12-11-13-28(24-27)44-37-20-7-3-16-31(37)33-25-34-32-17-4-8-21-38(32)45(40(34)26-39(33)44)41-22-9-10-23-42-41;1-2-12-27(13-3-1)43-35-17-7-4-14-29(35)32-22-21-28(24-38(32)43)44-36-18-8-5-15-30(36)33-25-34-31-16-6-9-19-37(31)45(40(34)26-39(33)44)41-20-10-11-23-42-41;1-2-13-29(14-3-1)43(30-15-10-17-32(27-30)44-38-23-7-4-19-34(38)35-20-5-8-24-39(35)44)31-16-11-18-33(28-31)45-40-25-9-6-21-36(40)37-22-12-26-42-41(37)45;;;/h1-18,20-23,25H;1-12,14-23,25H;1-23,25-26H;;;/q3*-3;3*+3. The largest absolute Gasteiger partial charge is 3.00 e. The predicted molar refractivity (Wildman–Crippen MR) is 552 cm³/mol. The van der Waals surface area contributed by atoms with Crippen LogP contribution in [0, 0.1) is 54.6 Å². The van der Waals surface area contributed by atoms with Crippen LogP contribution in [-0.2, 0) is 67.1 Å². The molecule has 15 heteroatoms. The molecule has 0 bridgehead atoms. The fourth-order valence-corrected chi connectivity index (χ4v) is 20.7. The van der Waals surface area contributed by atoms with Gasteiger partial charge in [0.15, 0.2) is 0 Å². The van der Waals surface area contributed by atoms with E-state index in [1.165, 1.54) is 53.9 Å². The molecular weight excluding hydrogens is 2240 g/mol. The van der Waals surface area contributed by atoms with Crippen LogP contribution in [-0.4, -0.2) is 51.5 Å². The summed E-state index contributed by atoms with van der Waals surface area (Å²) >= 11 is 0. The van der Waals surface area contributed by atoms with Crippen molar-refractivity contribution in [3.63, 3.8) is 0 Å². The van der Waals surface area contributed by atoms with E-state index >= 15 is 0 Å². The second-order valence-electron chi connectivity index (χ2n) is 33.8. The number of nitrogens with zero attached hydrogens (tertiary/aromatic N) is 12. The molecule has 12 nitrogen and oxygen atoms in total. The van der Waals surface area contributed by atoms with Gasteiger partial charge in [-0.25, -0.2) is 15.0 Å². The van der Waals surface area contributed by atoms with Gasteiger partial charge in [-0.1, -0.05) is 260 Å². The zero-order valence-corrected chi connectivity index (χ0v) is 79.8. The Bertz CT molecular complexity index is 9490. The molecule has 0 saturated heterocycles. The summed E-state index contributed by atoms with van der Waals surface area (Å²) in [7, 11) is 0. The Kier molecular flexibility index (Phi) is 21.5. The summed E-state index contributed by atoms with van der Waals surface area (Å²) in [6.45, 7) is 0. The number of anilines is 3. The number of fused-ring (bicyclic) bond motifs is 24. The Balaban J connectivity index is 0.000000111. The van der Waals surface area contributed by atoms with Crippen molar-refractivity contribution in [3.05, 3.63) is 486 Å². The zero-order chi connectivity index (χ0) is 88.7. The third-order valence-electron chi connectivity index (χ3n) is 26.4. The number of benzene rings is 18. The molecule has 0 spiro atoms. The normalized spacial score (nSPS) is 11.6. The van der Waals surface area contributed by atoms with Gasteiger partial charge < -0.3 is 41.4 Å². The summed E-state index contributed by atoms with van der Waals surface area (Å²) in [6, 6.07) is 177. The van der Waals surface area contributed by atoms with Crippen molar-refractivity contribution >= 4 is 192 Å². The summed E-state index contributed by atoms with van der Waals surface area (Å²) in [5.41, 5.74) is 25.6. The predicted octanol–water partition coefficient (Wildman–Crippen LogP) is 29.7. The molecule has 11 heterocycles. The van der Waals surface area contributed by atoms with E-state index in [2.05, 4.69) is 442 Å². The van der Waals surface area contributed by atoms with Gasteiger partial charge in [-0.3, -0.25) is 0 Å².